The minimum Gasteiger partial charge on any atom is -0.394 e. The van der Waals surface area contributed by atoms with Crippen molar-refractivity contribution in [2.24, 2.45) is 5.92 Å². The van der Waals surface area contributed by atoms with Gasteiger partial charge in [-0.2, -0.15) is 0 Å². The first-order chi connectivity index (χ1) is 8.43. The number of amides is 1. The molecular formula is C14H20FNO2. The normalized spacial score (nSPS) is 12.6. The first-order valence-electron chi connectivity index (χ1n) is 6.12. The highest BCUT2D eigenvalue weighted by Crippen LogP contribution is 2.11. The van der Waals surface area contributed by atoms with Crippen molar-refractivity contribution < 1.29 is 14.3 Å². The lowest BCUT2D eigenvalue weighted by Crippen LogP contribution is -2.38. The van der Waals surface area contributed by atoms with Gasteiger partial charge in [-0.15, -0.1) is 0 Å². The third-order valence-corrected chi connectivity index (χ3v) is 2.74. The van der Waals surface area contributed by atoms with E-state index in [2.05, 4.69) is 5.32 Å². The van der Waals surface area contributed by atoms with E-state index in [0.29, 0.717) is 23.5 Å². The number of aliphatic hydroxyl groups excluding tert-OH is 1. The molecule has 0 aromatic heterocycles. The second-order valence-electron chi connectivity index (χ2n) is 4.94. The van der Waals surface area contributed by atoms with Gasteiger partial charge in [-0.25, -0.2) is 4.39 Å². The minimum absolute atomic E-state index is 0.0931. The summed E-state index contributed by atoms with van der Waals surface area (Å²) in [5, 5.41) is 12.0. The molecule has 0 aliphatic rings. The van der Waals surface area contributed by atoms with Crippen LogP contribution < -0.4 is 5.32 Å². The SMILES string of the molecule is Cc1cc(F)ccc1C(=O)N[C@@H](CO)CC(C)C. The summed E-state index contributed by atoms with van der Waals surface area (Å²) in [5.74, 6) is -0.242. The Hall–Kier alpha value is -1.42. The molecule has 0 unspecified atom stereocenters. The number of halogens is 1. The number of aliphatic hydroxyl groups is 1. The van der Waals surface area contributed by atoms with E-state index >= 15 is 0 Å². The molecule has 1 aromatic rings. The maximum absolute atomic E-state index is 12.9. The summed E-state index contributed by atoms with van der Waals surface area (Å²) < 4.78 is 12.9. The van der Waals surface area contributed by atoms with E-state index in [0.717, 1.165) is 0 Å². The van der Waals surface area contributed by atoms with Crippen molar-refractivity contribution in [3.05, 3.63) is 35.1 Å². The van der Waals surface area contributed by atoms with Crippen LogP contribution in [-0.4, -0.2) is 23.7 Å². The average Bonchev–Trinajstić information content (AvgIpc) is 2.27. The Labute approximate surface area is 107 Å². The predicted molar refractivity (Wildman–Crippen MR) is 68.9 cm³/mol. The number of hydrogen-bond acceptors (Lipinski definition) is 2. The Balaban J connectivity index is 2.74. The van der Waals surface area contributed by atoms with Gasteiger partial charge in [0.15, 0.2) is 0 Å². The molecule has 18 heavy (non-hydrogen) atoms. The molecule has 0 saturated heterocycles. The summed E-state index contributed by atoms with van der Waals surface area (Å²) in [6, 6.07) is 3.79. The van der Waals surface area contributed by atoms with Crippen molar-refractivity contribution in [2.45, 2.75) is 33.2 Å². The van der Waals surface area contributed by atoms with Gasteiger partial charge in [0.1, 0.15) is 5.82 Å². The quantitative estimate of drug-likeness (QED) is 0.845. The van der Waals surface area contributed by atoms with Crippen molar-refractivity contribution in [3.8, 4) is 0 Å². The maximum Gasteiger partial charge on any atom is 0.251 e. The van der Waals surface area contributed by atoms with Crippen LogP contribution in [0.1, 0.15) is 36.2 Å². The first-order valence-corrected chi connectivity index (χ1v) is 6.12. The van der Waals surface area contributed by atoms with E-state index in [9.17, 15) is 14.3 Å². The highest BCUT2D eigenvalue weighted by atomic mass is 19.1. The highest BCUT2D eigenvalue weighted by Gasteiger charge is 2.15. The minimum atomic E-state index is -0.357. The van der Waals surface area contributed by atoms with Crippen LogP contribution in [0.3, 0.4) is 0 Å². The zero-order chi connectivity index (χ0) is 13.7. The van der Waals surface area contributed by atoms with Gasteiger partial charge in [-0.1, -0.05) is 13.8 Å². The van der Waals surface area contributed by atoms with Crippen molar-refractivity contribution in [3.63, 3.8) is 0 Å². The fraction of sp³-hybridized carbons (Fsp3) is 0.500. The lowest BCUT2D eigenvalue weighted by atomic mass is 10.0. The Bertz CT molecular complexity index is 418. The van der Waals surface area contributed by atoms with Gasteiger partial charge in [0.05, 0.1) is 12.6 Å². The molecule has 3 nitrogen and oxygen atoms in total. The molecule has 0 fully saturated rings. The number of carbonyl (C=O) groups is 1. The molecule has 0 saturated carbocycles. The summed E-state index contributed by atoms with van der Waals surface area (Å²) in [4.78, 5) is 12.0. The first kappa shape index (κ1) is 14.6. The highest BCUT2D eigenvalue weighted by molar-refractivity contribution is 5.95. The van der Waals surface area contributed by atoms with Gasteiger partial charge in [0.2, 0.25) is 0 Å². The smallest absolute Gasteiger partial charge is 0.251 e. The lowest BCUT2D eigenvalue weighted by Gasteiger charge is -2.18. The van der Waals surface area contributed by atoms with E-state index in [-0.39, 0.29) is 24.4 Å². The second kappa shape index (κ2) is 6.50. The van der Waals surface area contributed by atoms with E-state index in [1.807, 2.05) is 13.8 Å². The second-order valence-corrected chi connectivity index (χ2v) is 4.94. The fourth-order valence-electron chi connectivity index (χ4n) is 1.89. The number of nitrogens with one attached hydrogen (secondary N) is 1. The topological polar surface area (TPSA) is 49.3 Å². The summed E-state index contributed by atoms with van der Waals surface area (Å²) in [6.07, 6.45) is 0.711. The van der Waals surface area contributed by atoms with Crippen LogP contribution in [0.4, 0.5) is 4.39 Å². The van der Waals surface area contributed by atoms with Gasteiger partial charge in [0.25, 0.3) is 5.91 Å². The predicted octanol–water partition coefficient (Wildman–Crippen LogP) is 2.27. The van der Waals surface area contributed by atoms with E-state index in [1.54, 1.807) is 6.92 Å². The van der Waals surface area contributed by atoms with Crippen LogP contribution in [0.2, 0.25) is 0 Å². The molecule has 1 rings (SSSR count). The van der Waals surface area contributed by atoms with Crippen LogP contribution in [0.15, 0.2) is 18.2 Å². The number of carbonyl (C=O) groups excluding carboxylic acids is 1. The number of rotatable bonds is 5. The van der Waals surface area contributed by atoms with Crippen LogP contribution in [0.25, 0.3) is 0 Å². The summed E-state index contributed by atoms with van der Waals surface area (Å²) in [7, 11) is 0. The fourth-order valence-corrected chi connectivity index (χ4v) is 1.89. The molecule has 0 aliphatic carbocycles. The Morgan fingerprint density at radius 2 is 2.11 bits per heavy atom. The van der Waals surface area contributed by atoms with E-state index < -0.39 is 0 Å². The summed E-state index contributed by atoms with van der Waals surface area (Å²) in [5.41, 5.74) is 1.03. The third kappa shape index (κ3) is 4.11. The average molecular weight is 253 g/mol. The van der Waals surface area contributed by atoms with Crippen LogP contribution >= 0.6 is 0 Å². The largest absolute Gasteiger partial charge is 0.394 e. The van der Waals surface area contributed by atoms with Gasteiger partial charge in [-0.05, 0) is 43.0 Å². The third-order valence-electron chi connectivity index (χ3n) is 2.74. The van der Waals surface area contributed by atoms with Crippen LogP contribution in [-0.2, 0) is 0 Å². The van der Waals surface area contributed by atoms with Crippen molar-refractivity contribution >= 4 is 5.91 Å². The molecule has 1 amide bonds. The van der Waals surface area contributed by atoms with Crippen molar-refractivity contribution in [1.29, 1.82) is 0 Å². The van der Waals surface area contributed by atoms with Crippen LogP contribution in [0.5, 0.6) is 0 Å². The number of aryl methyl sites for hydroxylation is 1. The summed E-state index contributed by atoms with van der Waals surface area (Å²) in [6.45, 7) is 5.65. The lowest BCUT2D eigenvalue weighted by molar-refractivity contribution is 0.0907. The molecule has 0 radical (unpaired) electrons. The van der Waals surface area contributed by atoms with Gasteiger partial charge < -0.3 is 10.4 Å². The monoisotopic (exact) mass is 253 g/mol. The number of hydrogen-bond donors (Lipinski definition) is 2. The summed E-state index contributed by atoms with van der Waals surface area (Å²) >= 11 is 0. The van der Waals surface area contributed by atoms with E-state index in [1.165, 1.54) is 18.2 Å². The van der Waals surface area contributed by atoms with Gasteiger partial charge >= 0.3 is 0 Å². The van der Waals surface area contributed by atoms with Crippen molar-refractivity contribution in [1.82, 2.24) is 5.32 Å². The Morgan fingerprint density at radius 1 is 1.44 bits per heavy atom. The Kier molecular flexibility index (Phi) is 5.28. The van der Waals surface area contributed by atoms with Gasteiger partial charge in [-0.3, -0.25) is 4.79 Å². The van der Waals surface area contributed by atoms with Gasteiger partial charge in [0, 0.05) is 5.56 Å². The zero-order valence-electron chi connectivity index (χ0n) is 11.0. The molecule has 100 valence electrons. The zero-order valence-corrected chi connectivity index (χ0v) is 11.0. The molecule has 0 spiro atoms. The van der Waals surface area contributed by atoms with Crippen molar-refractivity contribution in [2.75, 3.05) is 6.61 Å². The van der Waals surface area contributed by atoms with Crippen LogP contribution in [0, 0.1) is 18.7 Å². The molecule has 1 atom stereocenters. The standard InChI is InChI=1S/C14H20FNO2/c1-9(2)6-12(8-17)16-14(18)13-5-4-11(15)7-10(13)3/h4-5,7,9,12,17H,6,8H2,1-3H3,(H,16,18)/t12-/m1/s1. The molecule has 2 N–H and O–H groups in total. The molecule has 4 heteroatoms. The Morgan fingerprint density at radius 3 is 2.61 bits per heavy atom. The van der Waals surface area contributed by atoms with E-state index in [4.69, 9.17) is 0 Å². The molecule has 0 aliphatic heterocycles. The number of benzene rings is 1. The maximum atomic E-state index is 12.9. The molecular weight excluding hydrogens is 233 g/mol. The molecule has 1 aromatic carbocycles. The molecule has 0 heterocycles. The molecule has 0 bridgehead atoms.